The highest BCUT2D eigenvalue weighted by Gasteiger charge is 2.23. The molecule has 0 atom stereocenters. The van der Waals surface area contributed by atoms with E-state index in [9.17, 15) is 4.79 Å². The van der Waals surface area contributed by atoms with Crippen LogP contribution in [0.25, 0.3) is 10.8 Å². The summed E-state index contributed by atoms with van der Waals surface area (Å²) in [4.78, 5) is 17.4. The highest BCUT2D eigenvalue weighted by Crippen LogP contribution is 2.22. The van der Waals surface area contributed by atoms with Gasteiger partial charge in [0.2, 0.25) is 0 Å². The molecule has 1 aliphatic rings. The van der Waals surface area contributed by atoms with Gasteiger partial charge in [0.05, 0.1) is 14.2 Å². The van der Waals surface area contributed by atoms with E-state index in [0.717, 1.165) is 42.9 Å². The summed E-state index contributed by atoms with van der Waals surface area (Å²) in [5, 5.41) is 2.33. The van der Waals surface area contributed by atoms with E-state index in [1.807, 2.05) is 24.1 Å². The maximum absolute atomic E-state index is 12.5. The van der Waals surface area contributed by atoms with Crippen LogP contribution < -0.4 is 14.5 Å². The van der Waals surface area contributed by atoms with E-state index in [0.29, 0.717) is 13.1 Å². The van der Waals surface area contributed by atoms with Crippen molar-refractivity contribution < 1.29 is 19.3 Å². The van der Waals surface area contributed by atoms with E-state index in [-0.39, 0.29) is 5.91 Å². The van der Waals surface area contributed by atoms with Gasteiger partial charge in [0, 0.05) is 13.6 Å². The Balaban J connectivity index is 1.60. The molecule has 1 saturated heterocycles. The summed E-state index contributed by atoms with van der Waals surface area (Å²) in [6.07, 6.45) is 0. The number of amides is 1. The number of benzene rings is 2. The van der Waals surface area contributed by atoms with Crippen LogP contribution in [0.2, 0.25) is 0 Å². The molecule has 0 aromatic heterocycles. The summed E-state index contributed by atoms with van der Waals surface area (Å²) >= 11 is 0. The Labute approximate surface area is 149 Å². The summed E-state index contributed by atoms with van der Waals surface area (Å²) < 4.78 is 5.27. The first-order chi connectivity index (χ1) is 12.0. The second-order valence-corrected chi connectivity index (χ2v) is 7.18. The van der Waals surface area contributed by atoms with Crippen molar-refractivity contribution >= 4 is 16.7 Å². The van der Waals surface area contributed by atoms with Crippen LogP contribution in [0.1, 0.15) is 5.56 Å². The molecule has 0 unspecified atom stereocenters. The summed E-state index contributed by atoms with van der Waals surface area (Å²) in [6.45, 7) is 5.74. The predicted molar refractivity (Wildman–Crippen MR) is 99.2 cm³/mol. The molecule has 0 aliphatic carbocycles. The molecular weight excluding hydrogens is 314 g/mol. The number of nitrogens with zero attached hydrogens (tertiary/aromatic N) is 1. The molecule has 1 heterocycles. The van der Waals surface area contributed by atoms with Crippen molar-refractivity contribution in [2.45, 2.75) is 6.54 Å². The number of quaternary nitrogens is 2. The van der Waals surface area contributed by atoms with Crippen LogP contribution in [0.5, 0.6) is 5.75 Å². The Hall–Kier alpha value is -2.11. The van der Waals surface area contributed by atoms with Crippen LogP contribution in [-0.4, -0.2) is 64.7 Å². The number of fused-ring (bicyclic) bond motifs is 1. The number of carbonyl (C=O) groups excluding carboxylic acids is 1. The largest absolute Gasteiger partial charge is 0.497 e. The normalized spacial score (nSPS) is 20.4. The van der Waals surface area contributed by atoms with Gasteiger partial charge in [0.15, 0.2) is 6.54 Å². The summed E-state index contributed by atoms with van der Waals surface area (Å²) in [6, 6.07) is 12.4. The van der Waals surface area contributed by atoms with E-state index in [1.165, 1.54) is 10.3 Å². The molecule has 0 saturated carbocycles. The first-order valence-electron chi connectivity index (χ1n) is 9.00. The van der Waals surface area contributed by atoms with Gasteiger partial charge < -0.3 is 19.4 Å². The molecule has 2 N–H and O–H groups in total. The van der Waals surface area contributed by atoms with E-state index in [2.05, 4.69) is 31.3 Å². The molecule has 0 spiro atoms. The lowest BCUT2D eigenvalue weighted by Crippen LogP contribution is -3.27. The first-order valence-corrected chi connectivity index (χ1v) is 9.00. The summed E-state index contributed by atoms with van der Waals surface area (Å²) in [5.41, 5.74) is 1.16. The molecule has 1 amide bonds. The quantitative estimate of drug-likeness (QED) is 0.748. The number of rotatable bonds is 5. The fourth-order valence-corrected chi connectivity index (χ4v) is 3.42. The molecule has 2 aromatic rings. The zero-order valence-corrected chi connectivity index (χ0v) is 15.5. The maximum atomic E-state index is 12.5. The number of nitrogens with one attached hydrogen (secondary N) is 2. The summed E-state index contributed by atoms with van der Waals surface area (Å²) in [7, 11) is 5.81. The van der Waals surface area contributed by atoms with Crippen LogP contribution in [0.15, 0.2) is 36.4 Å². The lowest BCUT2D eigenvalue weighted by molar-refractivity contribution is -1.000. The molecule has 0 radical (unpaired) electrons. The number of hydrogen-bond donors (Lipinski definition) is 2. The number of carbonyl (C=O) groups is 1. The Morgan fingerprint density at radius 3 is 2.48 bits per heavy atom. The molecule has 1 aliphatic heterocycles. The first kappa shape index (κ1) is 17.7. The van der Waals surface area contributed by atoms with Crippen molar-refractivity contribution in [3.8, 4) is 5.75 Å². The molecule has 0 bridgehead atoms. The lowest BCUT2D eigenvalue weighted by atomic mass is 10.1. The van der Waals surface area contributed by atoms with Crippen molar-refractivity contribution in [1.82, 2.24) is 4.90 Å². The molecule has 2 aromatic carbocycles. The van der Waals surface area contributed by atoms with Gasteiger partial charge in [-0.15, -0.1) is 0 Å². The van der Waals surface area contributed by atoms with E-state index in [4.69, 9.17) is 4.74 Å². The zero-order chi connectivity index (χ0) is 17.8. The number of methoxy groups -OCH3 is 1. The minimum Gasteiger partial charge on any atom is -0.497 e. The third-order valence-electron chi connectivity index (χ3n) is 5.17. The lowest BCUT2D eigenvalue weighted by Gasteiger charge is -2.28. The minimum atomic E-state index is 0.226. The monoisotopic (exact) mass is 343 g/mol. The van der Waals surface area contributed by atoms with Crippen molar-refractivity contribution in [3.05, 3.63) is 42.0 Å². The average molecular weight is 343 g/mol. The van der Waals surface area contributed by atoms with Crippen molar-refractivity contribution in [2.24, 2.45) is 0 Å². The highest BCUT2D eigenvalue weighted by atomic mass is 16.5. The van der Waals surface area contributed by atoms with Gasteiger partial charge in [-0.3, -0.25) is 4.79 Å². The second kappa shape index (κ2) is 7.85. The Morgan fingerprint density at radius 2 is 1.76 bits per heavy atom. The third-order valence-corrected chi connectivity index (χ3v) is 5.17. The molecule has 5 heteroatoms. The van der Waals surface area contributed by atoms with Gasteiger partial charge in [-0.1, -0.05) is 18.2 Å². The van der Waals surface area contributed by atoms with Gasteiger partial charge >= 0.3 is 0 Å². The maximum Gasteiger partial charge on any atom is 0.277 e. The Kier molecular flexibility index (Phi) is 5.56. The van der Waals surface area contributed by atoms with Crippen molar-refractivity contribution in [3.63, 3.8) is 0 Å². The van der Waals surface area contributed by atoms with E-state index >= 15 is 0 Å². The SMILES string of the molecule is COc1ccc2cc(CN(C)C(=O)C[NH+]3CC[NH+](C)CC3)ccc2c1. The fraction of sp³-hybridized carbons (Fsp3) is 0.450. The molecule has 3 rings (SSSR count). The van der Waals surface area contributed by atoms with E-state index in [1.54, 1.807) is 12.0 Å². The van der Waals surface area contributed by atoms with Gasteiger partial charge in [-0.05, 0) is 34.5 Å². The second-order valence-electron chi connectivity index (χ2n) is 7.18. The van der Waals surface area contributed by atoms with Crippen LogP contribution in [0.3, 0.4) is 0 Å². The number of hydrogen-bond acceptors (Lipinski definition) is 2. The third kappa shape index (κ3) is 4.50. The average Bonchev–Trinajstić information content (AvgIpc) is 2.63. The van der Waals surface area contributed by atoms with Crippen LogP contribution in [0.4, 0.5) is 0 Å². The molecular formula is C20H29N3O2+2. The van der Waals surface area contributed by atoms with Crippen molar-refractivity contribution in [2.75, 3.05) is 53.9 Å². The summed E-state index contributed by atoms with van der Waals surface area (Å²) in [5.74, 6) is 1.09. The molecule has 5 nitrogen and oxygen atoms in total. The van der Waals surface area contributed by atoms with Gasteiger partial charge in [0.25, 0.3) is 5.91 Å². The van der Waals surface area contributed by atoms with Crippen LogP contribution in [-0.2, 0) is 11.3 Å². The van der Waals surface area contributed by atoms with Crippen molar-refractivity contribution in [1.29, 1.82) is 0 Å². The minimum absolute atomic E-state index is 0.226. The number of piperazine rings is 1. The standard InChI is InChI=1S/C20H27N3O2/c1-21-8-10-23(11-9-21)15-20(24)22(2)14-16-4-5-18-13-19(25-3)7-6-17(18)12-16/h4-7,12-13H,8-11,14-15H2,1-3H3/p+2. The van der Waals surface area contributed by atoms with Gasteiger partial charge in [-0.2, -0.15) is 0 Å². The van der Waals surface area contributed by atoms with Gasteiger partial charge in [0.1, 0.15) is 31.9 Å². The molecule has 134 valence electrons. The van der Waals surface area contributed by atoms with Crippen LogP contribution in [0, 0.1) is 0 Å². The smallest absolute Gasteiger partial charge is 0.277 e. The molecule has 1 fully saturated rings. The topological polar surface area (TPSA) is 38.4 Å². The highest BCUT2D eigenvalue weighted by molar-refractivity contribution is 5.84. The number of ether oxygens (including phenoxy) is 1. The molecule has 25 heavy (non-hydrogen) atoms. The predicted octanol–water partition coefficient (Wildman–Crippen LogP) is -0.780. The Bertz CT molecular complexity index is 739. The van der Waals surface area contributed by atoms with Crippen LogP contribution >= 0.6 is 0 Å². The number of likely N-dealkylation sites (N-methyl/N-ethyl adjacent to an activating group) is 2. The van der Waals surface area contributed by atoms with Gasteiger partial charge in [-0.25, -0.2) is 0 Å². The fourth-order valence-electron chi connectivity index (χ4n) is 3.42. The zero-order valence-electron chi connectivity index (χ0n) is 15.5. The Morgan fingerprint density at radius 1 is 1.08 bits per heavy atom. The van der Waals surface area contributed by atoms with E-state index < -0.39 is 0 Å².